The molecule has 1 fully saturated rings. The van der Waals surface area contributed by atoms with Gasteiger partial charge in [0.25, 0.3) is 0 Å². The molecule has 0 unspecified atom stereocenters. The second-order valence-corrected chi connectivity index (χ2v) is 7.11. The summed E-state index contributed by atoms with van der Waals surface area (Å²) in [6.45, 7) is 7.93. The van der Waals surface area contributed by atoms with Crippen molar-refractivity contribution in [2.75, 3.05) is 13.1 Å². The third kappa shape index (κ3) is 6.42. The van der Waals surface area contributed by atoms with Crippen LogP contribution >= 0.6 is 0 Å². The Balaban J connectivity index is 2.65. The summed E-state index contributed by atoms with van der Waals surface area (Å²) in [7, 11) is 0. The Labute approximate surface area is 118 Å². The Morgan fingerprint density at radius 2 is 1.74 bits per heavy atom. The molecule has 0 saturated heterocycles. The van der Waals surface area contributed by atoms with E-state index in [1.54, 1.807) is 0 Å². The quantitative estimate of drug-likeness (QED) is 0.777. The van der Waals surface area contributed by atoms with Crippen LogP contribution in [0.15, 0.2) is 0 Å². The summed E-state index contributed by atoms with van der Waals surface area (Å²) in [5.41, 5.74) is 5.70. The molecule has 1 aliphatic carbocycles. The van der Waals surface area contributed by atoms with Crippen molar-refractivity contribution in [3.05, 3.63) is 0 Å². The minimum Gasteiger partial charge on any atom is -0.340 e. The van der Waals surface area contributed by atoms with E-state index in [1.807, 2.05) is 0 Å². The third-order valence-electron chi connectivity index (χ3n) is 3.87. The first kappa shape index (κ1) is 16.5. The van der Waals surface area contributed by atoms with Gasteiger partial charge in [-0.1, -0.05) is 46.5 Å². The van der Waals surface area contributed by atoms with E-state index in [-0.39, 0.29) is 5.41 Å². The maximum atomic E-state index is 12.6. The average molecular weight is 268 g/mol. The van der Waals surface area contributed by atoms with Gasteiger partial charge < -0.3 is 10.6 Å². The van der Waals surface area contributed by atoms with Crippen LogP contribution in [0.5, 0.6) is 0 Å². The molecule has 19 heavy (non-hydrogen) atoms. The van der Waals surface area contributed by atoms with E-state index in [0.717, 1.165) is 13.0 Å². The van der Waals surface area contributed by atoms with Crippen LogP contribution in [0.2, 0.25) is 0 Å². The van der Waals surface area contributed by atoms with E-state index < -0.39 is 0 Å². The van der Waals surface area contributed by atoms with E-state index in [0.29, 0.717) is 24.9 Å². The lowest BCUT2D eigenvalue weighted by Crippen LogP contribution is -2.42. The zero-order valence-corrected chi connectivity index (χ0v) is 13.1. The fraction of sp³-hybridized carbons (Fsp3) is 0.938. The maximum Gasteiger partial charge on any atom is 0.223 e. The minimum atomic E-state index is 0.0722. The topological polar surface area (TPSA) is 46.3 Å². The monoisotopic (exact) mass is 268 g/mol. The Kier molecular flexibility index (Phi) is 6.84. The normalized spacial score (nSPS) is 18.1. The van der Waals surface area contributed by atoms with Crippen LogP contribution < -0.4 is 5.73 Å². The van der Waals surface area contributed by atoms with Gasteiger partial charge in [0.2, 0.25) is 5.91 Å². The van der Waals surface area contributed by atoms with Gasteiger partial charge in [0.05, 0.1) is 0 Å². The highest BCUT2D eigenvalue weighted by molar-refractivity contribution is 5.77. The first-order chi connectivity index (χ1) is 8.94. The molecular weight excluding hydrogens is 236 g/mol. The maximum absolute atomic E-state index is 12.6. The predicted octanol–water partition coefficient (Wildman–Crippen LogP) is 3.32. The number of nitrogens with two attached hydrogens (primary N) is 1. The zero-order chi connectivity index (χ0) is 14.3. The van der Waals surface area contributed by atoms with E-state index in [2.05, 4.69) is 25.7 Å². The fourth-order valence-corrected chi connectivity index (χ4v) is 2.90. The molecule has 0 aromatic carbocycles. The third-order valence-corrected chi connectivity index (χ3v) is 3.87. The molecule has 0 atom stereocenters. The van der Waals surface area contributed by atoms with Crippen molar-refractivity contribution in [1.29, 1.82) is 0 Å². The number of amides is 1. The number of rotatable bonds is 5. The van der Waals surface area contributed by atoms with Crippen LogP contribution in [0.1, 0.15) is 72.1 Å². The van der Waals surface area contributed by atoms with E-state index in [4.69, 9.17) is 5.73 Å². The second-order valence-electron chi connectivity index (χ2n) is 7.11. The highest BCUT2D eigenvalue weighted by Gasteiger charge is 2.27. The molecule has 0 heterocycles. The van der Waals surface area contributed by atoms with Gasteiger partial charge in [-0.05, 0) is 31.2 Å². The summed E-state index contributed by atoms with van der Waals surface area (Å²) < 4.78 is 0. The van der Waals surface area contributed by atoms with Gasteiger partial charge in [0, 0.05) is 19.0 Å². The molecule has 0 aromatic heterocycles. The lowest BCUT2D eigenvalue weighted by atomic mass is 9.91. The van der Waals surface area contributed by atoms with Crippen LogP contribution in [-0.2, 0) is 4.79 Å². The highest BCUT2D eigenvalue weighted by atomic mass is 16.2. The van der Waals surface area contributed by atoms with Crippen molar-refractivity contribution >= 4 is 5.91 Å². The van der Waals surface area contributed by atoms with Crippen molar-refractivity contribution in [2.45, 2.75) is 78.2 Å². The zero-order valence-electron chi connectivity index (χ0n) is 13.1. The summed E-state index contributed by atoms with van der Waals surface area (Å²) in [4.78, 5) is 14.7. The SMILES string of the molecule is CC(C)(C)CC(=O)N(CCCN)C1CCCCCC1. The van der Waals surface area contributed by atoms with Gasteiger partial charge >= 0.3 is 0 Å². The second kappa shape index (κ2) is 7.88. The lowest BCUT2D eigenvalue weighted by Gasteiger charge is -2.33. The molecule has 3 heteroatoms. The predicted molar refractivity (Wildman–Crippen MR) is 80.9 cm³/mol. The molecule has 1 aliphatic rings. The summed E-state index contributed by atoms with van der Waals surface area (Å²) in [6, 6.07) is 0.462. The molecule has 112 valence electrons. The van der Waals surface area contributed by atoms with Crippen molar-refractivity contribution in [3.63, 3.8) is 0 Å². The number of carbonyl (C=O) groups excluding carboxylic acids is 1. The highest BCUT2D eigenvalue weighted by Crippen LogP contribution is 2.26. The number of nitrogens with zero attached hydrogens (tertiary/aromatic N) is 1. The van der Waals surface area contributed by atoms with Crippen molar-refractivity contribution < 1.29 is 4.79 Å². The molecule has 0 bridgehead atoms. The van der Waals surface area contributed by atoms with E-state index >= 15 is 0 Å². The Morgan fingerprint density at radius 3 is 2.21 bits per heavy atom. The van der Waals surface area contributed by atoms with Gasteiger partial charge in [-0.25, -0.2) is 0 Å². The first-order valence-corrected chi connectivity index (χ1v) is 7.93. The van der Waals surface area contributed by atoms with Crippen LogP contribution in [0.4, 0.5) is 0 Å². The molecule has 0 aliphatic heterocycles. The standard InChI is InChI=1S/C16H32N2O/c1-16(2,3)13-15(19)18(12-8-11-17)14-9-6-4-5-7-10-14/h14H,4-13,17H2,1-3H3. The molecule has 1 saturated carbocycles. The van der Waals surface area contributed by atoms with Crippen molar-refractivity contribution in [3.8, 4) is 0 Å². The number of hydrogen-bond acceptors (Lipinski definition) is 2. The minimum absolute atomic E-state index is 0.0722. The summed E-state index contributed by atoms with van der Waals surface area (Å²) in [5, 5.41) is 0. The van der Waals surface area contributed by atoms with Gasteiger partial charge in [0.1, 0.15) is 0 Å². The number of carbonyl (C=O) groups is 1. The molecular formula is C16H32N2O. The van der Waals surface area contributed by atoms with Gasteiger partial charge in [-0.3, -0.25) is 4.79 Å². The molecule has 1 rings (SSSR count). The van der Waals surface area contributed by atoms with Gasteiger partial charge in [-0.2, -0.15) is 0 Å². The molecule has 1 amide bonds. The molecule has 3 nitrogen and oxygen atoms in total. The van der Waals surface area contributed by atoms with Crippen LogP contribution in [0, 0.1) is 5.41 Å². The van der Waals surface area contributed by atoms with Crippen LogP contribution in [-0.4, -0.2) is 29.9 Å². The van der Waals surface area contributed by atoms with Gasteiger partial charge in [0.15, 0.2) is 0 Å². The Morgan fingerprint density at radius 1 is 1.16 bits per heavy atom. The first-order valence-electron chi connectivity index (χ1n) is 7.93. The average Bonchev–Trinajstić information content (AvgIpc) is 2.56. The smallest absolute Gasteiger partial charge is 0.223 e. The van der Waals surface area contributed by atoms with E-state index in [1.165, 1.54) is 38.5 Å². The largest absolute Gasteiger partial charge is 0.340 e. The lowest BCUT2D eigenvalue weighted by molar-refractivity contribution is -0.135. The van der Waals surface area contributed by atoms with E-state index in [9.17, 15) is 4.79 Å². The van der Waals surface area contributed by atoms with Crippen molar-refractivity contribution in [1.82, 2.24) is 4.90 Å². The van der Waals surface area contributed by atoms with Crippen molar-refractivity contribution in [2.24, 2.45) is 11.1 Å². The molecule has 0 radical (unpaired) electrons. The van der Waals surface area contributed by atoms with Gasteiger partial charge in [-0.15, -0.1) is 0 Å². The Bertz CT molecular complexity index is 262. The number of hydrogen-bond donors (Lipinski definition) is 1. The van der Waals surface area contributed by atoms with Crippen LogP contribution in [0.25, 0.3) is 0 Å². The summed E-state index contributed by atoms with van der Waals surface area (Å²) in [5.74, 6) is 0.327. The van der Waals surface area contributed by atoms with Crippen LogP contribution in [0.3, 0.4) is 0 Å². The molecule has 2 N–H and O–H groups in total. The fourth-order valence-electron chi connectivity index (χ4n) is 2.90. The summed E-state index contributed by atoms with van der Waals surface area (Å²) >= 11 is 0. The summed E-state index contributed by atoms with van der Waals surface area (Å²) in [6.07, 6.45) is 9.13. The molecule has 0 spiro atoms. The Hall–Kier alpha value is -0.570. The molecule has 0 aromatic rings.